The second-order valence-electron chi connectivity index (χ2n) is 5.51. The Hall–Kier alpha value is -2.56. The summed E-state index contributed by atoms with van der Waals surface area (Å²) in [4.78, 5) is 16.0. The van der Waals surface area contributed by atoms with Crippen LogP contribution in [0.3, 0.4) is 0 Å². The number of ether oxygens (including phenoxy) is 2. The second kappa shape index (κ2) is 9.55. The molecule has 1 aromatic heterocycles. The Morgan fingerprint density at radius 2 is 1.88 bits per heavy atom. The number of rotatable bonds is 9. The van der Waals surface area contributed by atoms with Gasteiger partial charge in [0.25, 0.3) is 0 Å². The number of nitrogens with one attached hydrogen (secondary N) is 1. The third-order valence-electron chi connectivity index (χ3n) is 3.58. The first-order valence-corrected chi connectivity index (χ1v) is 8.25. The number of amides is 1. The molecule has 1 N–H and O–H groups in total. The van der Waals surface area contributed by atoms with Crippen molar-refractivity contribution in [2.75, 3.05) is 7.11 Å². The number of carbonyl (C=O) groups excluding carboxylic acids is 1. The predicted molar refractivity (Wildman–Crippen MR) is 93.3 cm³/mol. The van der Waals surface area contributed by atoms with E-state index in [0.717, 1.165) is 30.6 Å². The molecule has 0 aliphatic carbocycles. The molecule has 0 unspecified atom stereocenters. The number of unbranched alkanes of at least 4 members (excludes halogenated alkanes) is 2. The highest BCUT2D eigenvalue weighted by Gasteiger charge is 2.04. The van der Waals surface area contributed by atoms with E-state index in [9.17, 15) is 4.79 Å². The molecule has 0 aliphatic heterocycles. The largest absolute Gasteiger partial charge is 0.497 e. The molecule has 2 aromatic rings. The van der Waals surface area contributed by atoms with Gasteiger partial charge in [-0.25, -0.2) is 4.98 Å². The van der Waals surface area contributed by atoms with Crippen molar-refractivity contribution < 1.29 is 14.3 Å². The average molecular weight is 328 g/mol. The van der Waals surface area contributed by atoms with Crippen LogP contribution in [0.15, 0.2) is 42.6 Å². The van der Waals surface area contributed by atoms with Crippen LogP contribution in [0.2, 0.25) is 0 Å². The monoisotopic (exact) mass is 328 g/mol. The zero-order valence-electron chi connectivity index (χ0n) is 14.2. The third kappa shape index (κ3) is 5.91. The highest BCUT2D eigenvalue weighted by atomic mass is 16.5. The Morgan fingerprint density at radius 3 is 2.58 bits per heavy atom. The van der Waals surface area contributed by atoms with Crippen molar-refractivity contribution in [1.82, 2.24) is 10.3 Å². The summed E-state index contributed by atoms with van der Waals surface area (Å²) >= 11 is 0. The maximum Gasteiger partial charge on any atom is 0.220 e. The molecule has 5 nitrogen and oxygen atoms in total. The lowest BCUT2D eigenvalue weighted by molar-refractivity contribution is -0.121. The molecule has 0 fully saturated rings. The molecule has 24 heavy (non-hydrogen) atoms. The van der Waals surface area contributed by atoms with E-state index in [-0.39, 0.29) is 5.91 Å². The molecular formula is C19H24N2O3. The SMILES string of the molecule is CCCCCC(=O)NCc1ccnc(Oc2ccc(OC)cc2)c1. The highest BCUT2D eigenvalue weighted by molar-refractivity contribution is 5.75. The lowest BCUT2D eigenvalue weighted by Crippen LogP contribution is -2.22. The second-order valence-corrected chi connectivity index (χ2v) is 5.51. The minimum absolute atomic E-state index is 0.0814. The fourth-order valence-electron chi connectivity index (χ4n) is 2.21. The van der Waals surface area contributed by atoms with E-state index >= 15 is 0 Å². The summed E-state index contributed by atoms with van der Waals surface area (Å²) in [6.45, 7) is 2.60. The van der Waals surface area contributed by atoms with E-state index in [2.05, 4.69) is 17.2 Å². The Kier molecular flexibility index (Phi) is 7.08. The maximum atomic E-state index is 11.8. The lowest BCUT2D eigenvalue weighted by Gasteiger charge is -2.08. The number of benzene rings is 1. The smallest absolute Gasteiger partial charge is 0.220 e. The zero-order chi connectivity index (χ0) is 17.2. The molecule has 0 saturated heterocycles. The molecule has 128 valence electrons. The van der Waals surface area contributed by atoms with Gasteiger partial charge in [-0.05, 0) is 42.3 Å². The first kappa shape index (κ1) is 17.8. The van der Waals surface area contributed by atoms with Crippen LogP contribution in [0.1, 0.15) is 38.2 Å². The minimum atomic E-state index is 0.0814. The summed E-state index contributed by atoms with van der Waals surface area (Å²) in [5.41, 5.74) is 0.956. The van der Waals surface area contributed by atoms with Crippen molar-refractivity contribution in [1.29, 1.82) is 0 Å². The van der Waals surface area contributed by atoms with E-state index < -0.39 is 0 Å². The fourth-order valence-corrected chi connectivity index (χ4v) is 2.21. The van der Waals surface area contributed by atoms with Crippen LogP contribution < -0.4 is 14.8 Å². The molecule has 1 heterocycles. The number of methoxy groups -OCH3 is 1. The number of hydrogen-bond acceptors (Lipinski definition) is 4. The van der Waals surface area contributed by atoms with Gasteiger partial charge in [-0.1, -0.05) is 19.8 Å². The van der Waals surface area contributed by atoms with Gasteiger partial charge in [0.15, 0.2) is 0 Å². The van der Waals surface area contributed by atoms with Gasteiger partial charge in [0.2, 0.25) is 11.8 Å². The Balaban J connectivity index is 1.87. The Labute approximate surface area is 143 Å². The van der Waals surface area contributed by atoms with Crippen molar-refractivity contribution in [2.24, 2.45) is 0 Å². The Bertz CT molecular complexity index is 641. The molecule has 1 amide bonds. The van der Waals surface area contributed by atoms with Gasteiger partial charge in [-0.15, -0.1) is 0 Å². The third-order valence-corrected chi connectivity index (χ3v) is 3.58. The van der Waals surface area contributed by atoms with Gasteiger partial charge in [0.1, 0.15) is 11.5 Å². The number of nitrogens with zero attached hydrogens (tertiary/aromatic N) is 1. The van der Waals surface area contributed by atoms with Gasteiger partial charge >= 0.3 is 0 Å². The average Bonchev–Trinajstić information content (AvgIpc) is 2.61. The maximum absolute atomic E-state index is 11.8. The molecule has 2 rings (SSSR count). The first-order chi connectivity index (χ1) is 11.7. The minimum Gasteiger partial charge on any atom is -0.497 e. The van der Waals surface area contributed by atoms with E-state index in [4.69, 9.17) is 9.47 Å². The summed E-state index contributed by atoms with van der Waals surface area (Å²) in [5.74, 6) is 2.04. The molecule has 1 aromatic carbocycles. The van der Waals surface area contributed by atoms with Crippen LogP contribution in [0.5, 0.6) is 17.4 Å². The van der Waals surface area contributed by atoms with Crippen LogP contribution in [0.4, 0.5) is 0 Å². The summed E-state index contributed by atoms with van der Waals surface area (Å²) in [6.07, 6.45) is 5.39. The summed E-state index contributed by atoms with van der Waals surface area (Å²) < 4.78 is 10.8. The van der Waals surface area contributed by atoms with Crippen molar-refractivity contribution in [3.05, 3.63) is 48.2 Å². The molecule has 0 radical (unpaired) electrons. The predicted octanol–water partition coefficient (Wildman–Crippen LogP) is 4.08. The number of aromatic nitrogens is 1. The summed E-state index contributed by atoms with van der Waals surface area (Å²) in [7, 11) is 1.62. The van der Waals surface area contributed by atoms with Crippen LogP contribution in [0.25, 0.3) is 0 Å². The number of carbonyl (C=O) groups is 1. The highest BCUT2D eigenvalue weighted by Crippen LogP contribution is 2.22. The van der Waals surface area contributed by atoms with E-state index in [1.165, 1.54) is 0 Å². The topological polar surface area (TPSA) is 60.5 Å². The van der Waals surface area contributed by atoms with E-state index in [1.54, 1.807) is 13.3 Å². The van der Waals surface area contributed by atoms with Gasteiger partial charge < -0.3 is 14.8 Å². The van der Waals surface area contributed by atoms with Crippen LogP contribution in [-0.4, -0.2) is 18.0 Å². The summed E-state index contributed by atoms with van der Waals surface area (Å²) in [5, 5.41) is 2.93. The normalized spacial score (nSPS) is 10.2. The summed E-state index contributed by atoms with van der Waals surface area (Å²) in [6, 6.07) is 11.0. The van der Waals surface area contributed by atoms with Gasteiger partial charge in [-0.3, -0.25) is 4.79 Å². The van der Waals surface area contributed by atoms with Gasteiger partial charge in [-0.2, -0.15) is 0 Å². The van der Waals surface area contributed by atoms with Crippen LogP contribution in [0, 0.1) is 0 Å². The van der Waals surface area contributed by atoms with Gasteiger partial charge in [0, 0.05) is 25.2 Å². The molecule has 0 spiro atoms. The van der Waals surface area contributed by atoms with Crippen molar-refractivity contribution >= 4 is 5.91 Å². The number of pyridine rings is 1. The molecule has 0 aliphatic rings. The molecular weight excluding hydrogens is 304 g/mol. The number of hydrogen-bond donors (Lipinski definition) is 1. The van der Waals surface area contributed by atoms with Crippen LogP contribution in [-0.2, 0) is 11.3 Å². The fraction of sp³-hybridized carbons (Fsp3) is 0.368. The van der Waals surface area contributed by atoms with Crippen molar-refractivity contribution in [3.63, 3.8) is 0 Å². The first-order valence-electron chi connectivity index (χ1n) is 8.25. The molecule has 0 atom stereocenters. The van der Waals surface area contributed by atoms with Crippen molar-refractivity contribution in [2.45, 2.75) is 39.2 Å². The van der Waals surface area contributed by atoms with Gasteiger partial charge in [0.05, 0.1) is 7.11 Å². The van der Waals surface area contributed by atoms with Crippen LogP contribution >= 0.6 is 0 Å². The van der Waals surface area contributed by atoms with Crippen molar-refractivity contribution in [3.8, 4) is 17.4 Å². The van der Waals surface area contributed by atoms with E-state index in [1.807, 2.05) is 36.4 Å². The lowest BCUT2D eigenvalue weighted by atomic mass is 10.2. The molecule has 0 saturated carbocycles. The molecule has 5 heteroatoms. The molecule has 0 bridgehead atoms. The van der Waals surface area contributed by atoms with E-state index in [0.29, 0.717) is 24.6 Å². The quantitative estimate of drug-likeness (QED) is 0.705. The standard InChI is InChI=1S/C19H24N2O3/c1-3-4-5-6-18(22)21-14-15-11-12-20-19(13-15)24-17-9-7-16(23-2)8-10-17/h7-13H,3-6,14H2,1-2H3,(H,21,22). The Morgan fingerprint density at radius 1 is 1.12 bits per heavy atom. The zero-order valence-corrected chi connectivity index (χ0v) is 14.2.